The quantitative estimate of drug-likeness (QED) is 0.776. The summed E-state index contributed by atoms with van der Waals surface area (Å²) in [4.78, 5) is 27.1. The lowest BCUT2D eigenvalue weighted by Gasteiger charge is -2.18. The number of hydrogen-bond donors (Lipinski definition) is 1. The first-order valence-electron chi connectivity index (χ1n) is 5.91. The van der Waals surface area contributed by atoms with Gasteiger partial charge in [-0.15, -0.1) is 0 Å². The fraction of sp³-hybridized carbons (Fsp3) is 0.583. The summed E-state index contributed by atoms with van der Waals surface area (Å²) in [6.07, 6.45) is 3.18. The SMILES string of the molecule is CCOC(=O)[C@H](CC(C)C)NC(=O)c1ncco1. The van der Waals surface area contributed by atoms with Crippen molar-refractivity contribution in [3.05, 3.63) is 18.4 Å². The number of nitrogens with one attached hydrogen (secondary N) is 1. The number of amides is 1. The third-order valence-electron chi connectivity index (χ3n) is 2.21. The molecule has 0 aliphatic heterocycles. The lowest BCUT2D eigenvalue weighted by Crippen LogP contribution is -2.42. The van der Waals surface area contributed by atoms with Crippen LogP contribution in [0.5, 0.6) is 0 Å². The Morgan fingerprint density at radius 1 is 1.50 bits per heavy atom. The third kappa shape index (κ3) is 4.20. The predicted octanol–water partition coefficient (Wildman–Crippen LogP) is 1.38. The van der Waals surface area contributed by atoms with Crippen molar-refractivity contribution in [1.82, 2.24) is 10.3 Å². The van der Waals surface area contributed by atoms with Crippen molar-refractivity contribution in [2.24, 2.45) is 5.92 Å². The van der Waals surface area contributed by atoms with E-state index in [1.165, 1.54) is 12.5 Å². The van der Waals surface area contributed by atoms with Crippen LogP contribution in [0.4, 0.5) is 0 Å². The number of rotatable bonds is 6. The number of nitrogens with zero attached hydrogens (tertiary/aromatic N) is 1. The highest BCUT2D eigenvalue weighted by Gasteiger charge is 2.25. The van der Waals surface area contributed by atoms with Crippen LogP contribution >= 0.6 is 0 Å². The molecule has 100 valence electrons. The molecular weight excluding hydrogens is 236 g/mol. The second-order valence-corrected chi connectivity index (χ2v) is 4.24. The molecule has 1 aromatic rings. The highest BCUT2D eigenvalue weighted by Crippen LogP contribution is 2.07. The Kier molecular flexibility index (Phi) is 5.35. The number of aromatic nitrogens is 1. The highest BCUT2D eigenvalue weighted by atomic mass is 16.5. The number of carbonyl (C=O) groups is 2. The Labute approximate surface area is 106 Å². The van der Waals surface area contributed by atoms with Crippen molar-refractivity contribution in [3.8, 4) is 0 Å². The summed E-state index contributed by atoms with van der Waals surface area (Å²) in [7, 11) is 0. The van der Waals surface area contributed by atoms with Crippen LogP contribution in [0.1, 0.15) is 37.9 Å². The van der Waals surface area contributed by atoms with Crippen molar-refractivity contribution in [1.29, 1.82) is 0 Å². The zero-order chi connectivity index (χ0) is 13.5. The summed E-state index contributed by atoms with van der Waals surface area (Å²) in [5.41, 5.74) is 0. The predicted molar refractivity (Wildman–Crippen MR) is 63.8 cm³/mol. The number of hydrogen-bond acceptors (Lipinski definition) is 5. The van der Waals surface area contributed by atoms with Gasteiger partial charge >= 0.3 is 11.9 Å². The van der Waals surface area contributed by atoms with Crippen LogP contribution in [0.15, 0.2) is 16.9 Å². The van der Waals surface area contributed by atoms with Gasteiger partial charge in [0, 0.05) is 0 Å². The molecule has 6 heteroatoms. The summed E-state index contributed by atoms with van der Waals surface area (Å²) in [6, 6.07) is -0.677. The first kappa shape index (κ1) is 14.2. The summed E-state index contributed by atoms with van der Waals surface area (Å²) in [6.45, 7) is 5.93. The molecule has 0 saturated heterocycles. The van der Waals surface area contributed by atoms with Gasteiger partial charge in [0.15, 0.2) is 0 Å². The zero-order valence-electron chi connectivity index (χ0n) is 10.8. The Morgan fingerprint density at radius 3 is 2.72 bits per heavy atom. The molecule has 18 heavy (non-hydrogen) atoms. The molecule has 1 amide bonds. The largest absolute Gasteiger partial charge is 0.464 e. The smallest absolute Gasteiger partial charge is 0.328 e. The topological polar surface area (TPSA) is 81.4 Å². The lowest BCUT2D eigenvalue weighted by atomic mass is 10.0. The molecule has 0 aliphatic carbocycles. The Hall–Kier alpha value is -1.85. The van der Waals surface area contributed by atoms with Crippen LogP contribution in [-0.4, -0.2) is 29.5 Å². The van der Waals surface area contributed by atoms with E-state index in [-0.39, 0.29) is 18.4 Å². The van der Waals surface area contributed by atoms with E-state index in [0.29, 0.717) is 6.42 Å². The van der Waals surface area contributed by atoms with Gasteiger partial charge in [0.25, 0.3) is 5.89 Å². The van der Waals surface area contributed by atoms with E-state index in [1.54, 1.807) is 6.92 Å². The zero-order valence-corrected chi connectivity index (χ0v) is 10.8. The van der Waals surface area contributed by atoms with Crippen molar-refractivity contribution in [2.45, 2.75) is 33.2 Å². The monoisotopic (exact) mass is 254 g/mol. The van der Waals surface area contributed by atoms with E-state index in [2.05, 4.69) is 10.3 Å². The standard InChI is InChI=1S/C12H18N2O4/c1-4-17-12(16)9(7-8(2)3)14-10(15)11-13-5-6-18-11/h5-6,8-9H,4,7H2,1-3H3,(H,14,15)/t9-/m0/s1. The second-order valence-electron chi connectivity index (χ2n) is 4.24. The van der Waals surface area contributed by atoms with Gasteiger partial charge in [-0.25, -0.2) is 9.78 Å². The van der Waals surface area contributed by atoms with E-state index >= 15 is 0 Å². The van der Waals surface area contributed by atoms with E-state index in [9.17, 15) is 9.59 Å². The normalized spacial score (nSPS) is 12.2. The first-order chi connectivity index (χ1) is 8.54. The molecule has 0 radical (unpaired) electrons. The maximum Gasteiger partial charge on any atom is 0.328 e. The summed E-state index contributed by atoms with van der Waals surface area (Å²) < 4.78 is 9.78. The molecule has 0 aliphatic rings. The number of oxazole rings is 1. The summed E-state index contributed by atoms with van der Waals surface area (Å²) in [5, 5.41) is 2.57. The van der Waals surface area contributed by atoms with Gasteiger partial charge in [-0.05, 0) is 19.3 Å². The van der Waals surface area contributed by atoms with Gasteiger partial charge in [0.2, 0.25) is 0 Å². The van der Waals surface area contributed by atoms with Gasteiger partial charge in [-0.3, -0.25) is 4.79 Å². The molecule has 0 unspecified atom stereocenters. The average molecular weight is 254 g/mol. The fourth-order valence-corrected chi connectivity index (χ4v) is 1.48. The molecule has 0 bridgehead atoms. The van der Waals surface area contributed by atoms with Gasteiger partial charge in [-0.2, -0.15) is 0 Å². The molecular formula is C12H18N2O4. The fourth-order valence-electron chi connectivity index (χ4n) is 1.48. The molecule has 6 nitrogen and oxygen atoms in total. The number of esters is 1. The third-order valence-corrected chi connectivity index (χ3v) is 2.21. The van der Waals surface area contributed by atoms with Gasteiger partial charge < -0.3 is 14.5 Å². The van der Waals surface area contributed by atoms with Crippen LogP contribution < -0.4 is 5.32 Å². The van der Waals surface area contributed by atoms with Crippen molar-refractivity contribution in [2.75, 3.05) is 6.61 Å². The average Bonchev–Trinajstić information content (AvgIpc) is 2.81. The maximum absolute atomic E-state index is 11.7. The van der Waals surface area contributed by atoms with Crippen LogP contribution in [0.2, 0.25) is 0 Å². The minimum absolute atomic E-state index is 0.0620. The van der Waals surface area contributed by atoms with Crippen LogP contribution in [0, 0.1) is 5.92 Å². The minimum atomic E-state index is -0.677. The van der Waals surface area contributed by atoms with Crippen molar-refractivity contribution >= 4 is 11.9 Å². The minimum Gasteiger partial charge on any atom is -0.464 e. The Balaban J connectivity index is 2.66. The second kappa shape index (κ2) is 6.78. The van der Waals surface area contributed by atoms with Crippen LogP contribution in [-0.2, 0) is 9.53 Å². The summed E-state index contributed by atoms with van der Waals surface area (Å²) >= 11 is 0. The molecule has 1 atom stereocenters. The Morgan fingerprint density at radius 2 is 2.22 bits per heavy atom. The number of ether oxygens (including phenoxy) is 1. The molecule has 1 rings (SSSR count). The van der Waals surface area contributed by atoms with Gasteiger partial charge in [0.05, 0.1) is 12.8 Å². The summed E-state index contributed by atoms with van der Waals surface area (Å²) in [5.74, 6) is -0.762. The molecule has 1 heterocycles. The Bertz CT molecular complexity index is 387. The van der Waals surface area contributed by atoms with Crippen LogP contribution in [0.25, 0.3) is 0 Å². The van der Waals surface area contributed by atoms with E-state index in [1.807, 2.05) is 13.8 Å². The van der Waals surface area contributed by atoms with Crippen LogP contribution in [0.3, 0.4) is 0 Å². The first-order valence-corrected chi connectivity index (χ1v) is 5.91. The molecule has 1 N–H and O–H groups in total. The molecule has 0 aromatic carbocycles. The van der Waals surface area contributed by atoms with E-state index in [0.717, 1.165) is 0 Å². The van der Waals surface area contributed by atoms with Crippen molar-refractivity contribution in [3.63, 3.8) is 0 Å². The van der Waals surface area contributed by atoms with Gasteiger partial charge in [-0.1, -0.05) is 13.8 Å². The molecule has 0 spiro atoms. The van der Waals surface area contributed by atoms with E-state index < -0.39 is 17.9 Å². The van der Waals surface area contributed by atoms with E-state index in [4.69, 9.17) is 9.15 Å². The number of carbonyl (C=O) groups excluding carboxylic acids is 2. The maximum atomic E-state index is 11.7. The molecule has 0 fully saturated rings. The molecule has 0 saturated carbocycles. The molecule has 1 aromatic heterocycles. The lowest BCUT2D eigenvalue weighted by molar-refractivity contribution is -0.145. The van der Waals surface area contributed by atoms with Crippen molar-refractivity contribution < 1.29 is 18.7 Å². The van der Waals surface area contributed by atoms with Gasteiger partial charge in [0.1, 0.15) is 12.3 Å². The highest BCUT2D eigenvalue weighted by molar-refractivity contribution is 5.93.